The van der Waals surface area contributed by atoms with E-state index in [2.05, 4.69) is 10.9 Å². The lowest BCUT2D eigenvalue weighted by molar-refractivity contribution is -0.131. The Morgan fingerprint density at radius 1 is 1.19 bits per heavy atom. The van der Waals surface area contributed by atoms with Crippen LogP contribution in [0.4, 0.5) is 0 Å². The Morgan fingerprint density at radius 2 is 1.89 bits per heavy atom. The van der Waals surface area contributed by atoms with Gasteiger partial charge in [-0.15, -0.1) is 0 Å². The maximum absolute atomic E-state index is 12.3. The summed E-state index contributed by atoms with van der Waals surface area (Å²) in [5.74, 6) is -0.0913. The molecule has 0 aromatic heterocycles. The zero-order chi connectivity index (χ0) is 19.8. The molecular weight excluding hydrogens is 350 g/mol. The Labute approximate surface area is 159 Å². The maximum atomic E-state index is 12.3. The van der Waals surface area contributed by atoms with E-state index < -0.39 is 24.0 Å². The standard InChI is InChI=1S/C19H29N3O5/c1-26-13-8-9-16(27-2)14(11-13)18(24)21-22-19(25)17(23)15(20)10-12-6-4-3-5-7-12/h8-9,11-12,15,17,23H,3-7,10,20H2,1-2H3,(H,21,24)(H,22,25)/t15-,17?/m1/s1. The summed E-state index contributed by atoms with van der Waals surface area (Å²) in [6.07, 6.45) is 4.92. The van der Waals surface area contributed by atoms with E-state index in [1.165, 1.54) is 26.7 Å². The first-order chi connectivity index (χ1) is 13.0. The fourth-order valence-corrected chi connectivity index (χ4v) is 3.38. The zero-order valence-electron chi connectivity index (χ0n) is 15.9. The molecule has 1 aliphatic rings. The van der Waals surface area contributed by atoms with Gasteiger partial charge in [0.2, 0.25) is 0 Å². The second-order valence-corrected chi connectivity index (χ2v) is 6.86. The summed E-state index contributed by atoms with van der Waals surface area (Å²) < 4.78 is 10.2. The first-order valence-corrected chi connectivity index (χ1v) is 9.22. The normalized spacial score (nSPS) is 16.9. The van der Waals surface area contributed by atoms with Gasteiger partial charge in [0.05, 0.1) is 19.8 Å². The molecule has 150 valence electrons. The van der Waals surface area contributed by atoms with Gasteiger partial charge in [0.1, 0.15) is 17.6 Å². The van der Waals surface area contributed by atoms with Crippen molar-refractivity contribution in [1.82, 2.24) is 10.9 Å². The van der Waals surface area contributed by atoms with E-state index in [-0.39, 0.29) is 5.56 Å². The van der Waals surface area contributed by atoms with Gasteiger partial charge in [-0.2, -0.15) is 0 Å². The Bertz CT molecular complexity index is 646. The van der Waals surface area contributed by atoms with Crippen LogP contribution in [-0.2, 0) is 4.79 Å². The SMILES string of the molecule is COc1ccc(OC)c(C(=O)NNC(=O)C(O)[C@H](N)CC2CCCCC2)c1. The molecule has 1 aromatic carbocycles. The minimum absolute atomic E-state index is 0.193. The molecule has 0 saturated heterocycles. The molecule has 1 fully saturated rings. The number of nitrogens with two attached hydrogens (primary N) is 1. The van der Waals surface area contributed by atoms with Crippen LogP contribution in [0.5, 0.6) is 11.5 Å². The van der Waals surface area contributed by atoms with Gasteiger partial charge in [0.25, 0.3) is 11.8 Å². The van der Waals surface area contributed by atoms with Crippen molar-refractivity contribution in [3.63, 3.8) is 0 Å². The lowest BCUT2D eigenvalue weighted by Gasteiger charge is -2.26. The summed E-state index contributed by atoms with van der Waals surface area (Å²) in [6, 6.07) is 4.06. The lowest BCUT2D eigenvalue weighted by Crippen LogP contribution is -2.52. The van der Waals surface area contributed by atoms with Gasteiger partial charge in [-0.1, -0.05) is 32.1 Å². The molecule has 1 aliphatic carbocycles. The average Bonchev–Trinajstić information content (AvgIpc) is 2.71. The van der Waals surface area contributed by atoms with E-state index in [1.807, 2.05) is 0 Å². The Balaban J connectivity index is 1.89. The third-order valence-corrected chi connectivity index (χ3v) is 4.95. The van der Waals surface area contributed by atoms with E-state index in [9.17, 15) is 14.7 Å². The number of rotatable bonds is 7. The van der Waals surface area contributed by atoms with Gasteiger partial charge in [-0.05, 0) is 30.5 Å². The van der Waals surface area contributed by atoms with Crippen LogP contribution in [0.2, 0.25) is 0 Å². The summed E-state index contributed by atoms with van der Waals surface area (Å²) in [6.45, 7) is 0. The summed E-state index contributed by atoms with van der Waals surface area (Å²) >= 11 is 0. The number of hydrazine groups is 1. The predicted octanol–water partition coefficient (Wildman–Crippen LogP) is 1.12. The monoisotopic (exact) mass is 379 g/mol. The average molecular weight is 379 g/mol. The second kappa shape index (κ2) is 10.1. The van der Waals surface area contributed by atoms with E-state index in [1.54, 1.807) is 12.1 Å². The number of nitrogens with one attached hydrogen (secondary N) is 2. The van der Waals surface area contributed by atoms with E-state index in [4.69, 9.17) is 15.2 Å². The van der Waals surface area contributed by atoms with Gasteiger partial charge in [0, 0.05) is 6.04 Å². The summed E-state index contributed by atoms with van der Waals surface area (Å²) in [7, 11) is 2.92. The van der Waals surface area contributed by atoms with Crippen molar-refractivity contribution in [2.24, 2.45) is 11.7 Å². The van der Waals surface area contributed by atoms with Crippen LogP contribution < -0.4 is 26.1 Å². The number of methoxy groups -OCH3 is 2. The predicted molar refractivity (Wildman–Crippen MR) is 100 cm³/mol. The van der Waals surface area contributed by atoms with E-state index >= 15 is 0 Å². The Kier molecular flexibility index (Phi) is 7.87. The molecule has 8 heteroatoms. The number of hydrogen-bond acceptors (Lipinski definition) is 6. The number of benzene rings is 1. The van der Waals surface area contributed by atoms with E-state index in [0.29, 0.717) is 23.8 Å². The third kappa shape index (κ3) is 5.83. The fourth-order valence-electron chi connectivity index (χ4n) is 3.38. The number of aliphatic hydroxyl groups is 1. The molecule has 8 nitrogen and oxygen atoms in total. The molecule has 0 radical (unpaired) electrons. The minimum atomic E-state index is -1.39. The Hall–Kier alpha value is -2.32. The van der Waals surface area contributed by atoms with Gasteiger partial charge < -0.3 is 20.3 Å². The first-order valence-electron chi connectivity index (χ1n) is 9.22. The number of carbonyl (C=O) groups is 2. The smallest absolute Gasteiger partial charge is 0.273 e. The van der Waals surface area contributed by atoms with Crippen LogP contribution in [0.25, 0.3) is 0 Å². The maximum Gasteiger partial charge on any atom is 0.273 e. The van der Waals surface area contributed by atoms with Crippen molar-refractivity contribution in [3.8, 4) is 11.5 Å². The highest BCUT2D eigenvalue weighted by Gasteiger charge is 2.27. The minimum Gasteiger partial charge on any atom is -0.497 e. The zero-order valence-corrected chi connectivity index (χ0v) is 15.9. The highest BCUT2D eigenvalue weighted by molar-refractivity contribution is 5.98. The number of hydrogen-bond donors (Lipinski definition) is 4. The summed E-state index contributed by atoms with van der Waals surface area (Å²) in [5.41, 5.74) is 10.7. The quantitative estimate of drug-likeness (QED) is 0.527. The number of carbonyl (C=O) groups excluding carboxylic acids is 2. The molecular formula is C19H29N3O5. The first kappa shape index (κ1) is 21.0. The van der Waals surface area contributed by atoms with Crippen LogP contribution in [0.15, 0.2) is 18.2 Å². The molecule has 1 aromatic rings. The lowest BCUT2D eigenvalue weighted by atomic mass is 9.84. The van der Waals surface area contributed by atoms with Crippen molar-refractivity contribution >= 4 is 11.8 Å². The molecule has 0 spiro atoms. The molecule has 0 bridgehead atoms. The largest absolute Gasteiger partial charge is 0.497 e. The fraction of sp³-hybridized carbons (Fsp3) is 0.579. The van der Waals surface area contributed by atoms with Crippen molar-refractivity contribution < 1.29 is 24.2 Å². The topological polar surface area (TPSA) is 123 Å². The molecule has 2 rings (SSSR count). The van der Waals surface area contributed by atoms with Crippen LogP contribution >= 0.6 is 0 Å². The van der Waals surface area contributed by atoms with Crippen molar-refractivity contribution in [2.45, 2.75) is 50.7 Å². The molecule has 2 atom stereocenters. The molecule has 2 amide bonds. The summed E-state index contributed by atoms with van der Waals surface area (Å²) in [5, 5.41) is 10.2. The second-order valence-electron chi connectivity index (χ2n) is 6.86. The molecule has 27 heavy (non-hydrogen) atoms. The van der Waals surface area contributed by atoms with Crippen LogP contribution in [-0.4, -0.2) is 43.3 Å². The third-order valence-electron chi connectivity index (χ3n) is 4.95. The molecule has 0 heterocycles. The highest BCUT2D eigenvalue weighted by atomic mass is 16.5. The molecule has 1 saturated carbocycles. The van der Waals surface area contributed by atoms with E-state index in [0.717, 1.165) is 25.7 Å². The molecule has 1 unspecified atom stereocenters. The van der Waals surface area contributed by atoms with Gasteiger partial charge >= 0.3 is 0 Å². The summed E-state index contributed by atoms with van der Waals surface area (Å²) in [4.78, 5) is 24.5. The number of aliphatic hydroxyl groups excluding tert-OH is 1. The molecule has 0 aliphatic heterocycles. The van der Waals surface area contributed by atoms with Crippen LogP contribution in [0, 0.1) is 5.92 Å². The van der Waals surface area contributed by atoms with Gasteiger partial charge in [0.15, 0.2) is 0 Å². The molecule has 5 N–H and O–H groups in total. The Morgan fingerprint density at radius 3 is 2.52 bits per heavy atom. The van der Waals surface area contributed by atoms with Crippen molar-refractivity contribution in [1.29, 1.82) is 0 Å². The van der Waals surface area contributed by atoms with Crippen LogP contribution in [0.1, 0.15) is 48.9 Å². The number of ether oxygens (including phenoxy) is 2. The van der Waals surface area contributed by atoms with Crippen molar-refractivity contribution in [3.05, 3.63) is 23.8 Å². The van der Waals surface area contributed by atoms with Crippen molar-refractivity contribution in [2.75, 3.05) is 14.2 Å². The van der Waals surface area contributed by atoms with Crippen LogP contribution in [0.3, 0.4) is 0 Å². The highest BCUT2D eigenvalue weighted by Crippen LogP contribution is 2.27. The van der Waals surface area contributed by atoms with Gasteiger partial charge in [-0.3, -0.25) is 20.4 Å². The number of amides is 2. The van der Waals surface area contributed by atoms with Gasteiger partial charge in [-0.25, -0.2) is 0 Å².